The summed E-state index contributed by atoms with van der Waals surface area (Å²) in [6, 6.07) is 5.76. The summed E-state index contributed by atoms with van der Waals surface area (Å²) in [5.41, 5.74) is 3.30. The highest BCUT2D eigenvalue weighted by Crippen LogP contribution is 2.25. The van der Waals surface area contributed by atoms with Crippen molar-refractivity contribution in [3.05, 3.63) is 33.6 Å². The maximum Gasteiger partial charge on any atom is 0.305 e. The Morgan fingerprint density at radius 3 is 2.89 bits per heavy atom. The monoisotopic (exact) mass is 290 g/mol. The highest BCUT2D eigenvalue weighted by atomic mass is 32.2. The van der Waals surface area contributed by atoms with Gasteiger partial charge in [-0.05, 0) is 25.3 Å². The first kappa shape index (κ1) is 12.3. The average Bonchev–Trinajstić information content (AvgIpc) is 2.77. The maximum atomic E-state index is 11.3. The van der Waals surface area contributed by atoms with Crippen LogP contribution < -0.4 is 4.87 Å². The van der Waals surface area contributed by atoms with Gasteiger partial charge >= 0.3 is 4.87 Å². The molecule has 0 saturated heterocycles. The Labute approximate surface area is 117 Å². The first-order chi connectivity index (χ1) is 9.17. The number of thioether (sulfide) groups is 1. The first-order valence-electron chi connectivity index (χ1n) is 5.56. The molecule has 0 radical (unpaired) electrons. The summed E-state index contributed by atoms with van der Waals surface area (Å²) in [5, 5.41) is 8.92. The molecule has 0 aliphatic rings. The van der Waals surface area contributed by atoms with Gasteiger partial charge in [0.1, 0.15) is 5.69 Å². The Bertz CT molecular complexity index is 809. The third-order valence-electron chi connectivity index (χ3n) is 2.72. The fourth-order valence-corrected chi connectivity index (χ4v) is 2.90. The van der Waals surface area contributed by atoms with Crippen LogP contribution in [0.5, 0.6) is 0 Å². The number of fused-ring (bicyclic) bond motifs is 1. The van der Waals surface area contributed by atoms with Crippen molar-refractivity contribution < 1.29 is 0 Å². The summed E-state index contributed by atoms with van der Waals surface area (Å²) in [5.74, 6) is 0. The summed E-state index contributed by atoms with van der Waals surface area (Å²) in [6.45, 7) is 1.91. The standard InChI is InChI=1S/C12H10N4OS2/c1-6-10(15-16-11(13-6)18-2)7-3-4-9-8(5-7)14-12(17)19-9/h3-5H,1-2H3,(H,14,17). The Hall–Kier alpha value is -1.73. The van der Waals surface area contributed by atoms with Crippen LogP contribution in [-0.4, -0.2) is 26.4 Å². The third kappa shape index (κ3) is 2.26. The van der Waals surface area contributed by atoms with Gasteiger partial charge in [0.05, 0.1) is 15.9 Å². The molecule has 1 N–H and O–H groups in total. The van der Waals surface area contributed by atoms with E-state index in [0.29, 0.717) is 5.16 Å². The number of hydrogen-bond acceptors (Lipinski definition) is 6. The van der Waals surface area contributed by atoms with Gasteiger partial charge in [-0.25, -0.2) is 4.98 Å². The van der Waals surface area contributed by atoms with Gasteiger partial charge in [-0.15, -0.1) is 10.2 Å². The average molecular weight is 290 g/mol. The Morgan fingerprint density at radius 1 is 1.32 bits per heavy atom. The van der Waals surface area contributed by atoms with Crippen LogP contribution in [0.25, 0.3) is 21.5 Å². The molecule has 1 aromatic carbocycles. The zero-order valence-corrected chi connectivity index (χ0v) is 11.9. The summed E-state index contributed by atoms with van der Waals surface area (Å²) < 4.78 is 0.938. The molecule has 0 aliphatic heterocycles. The summed E-state index contributed by atoms with van der Waals surface area (Å²) in [4.78, 5) is 18.4. The molecule has 96 valence electrons. The second-order valence-corrected chi connectivity index (χ2v) is 5.75. The van der Waals surface area contributed by atoms with Crippen molar-refractivity contribution >= 4 is 33.3 Å². The number of aromatic nitrogens is 4. The lowest BCUT2D eigenvalue weighted by Crippen LogP contribution is -1.98. The smallest absolute Gasteiger partial charge is 0.305 e. The van der Waals surface area contributed by atoms with Crippen LogP contribution in [0.15, 0.2) is 28.2 Å². The van der Waals surface area contributed by atoms with Crippen molar-refractivity contribution in [2.45, 2.75) is 12.1 Å². The zero-order valence-electron chi connectivity index (χ0n) is 10.3. The quantitative estimate of drug-likeness (QED) is 0.734. The van der Waals surface area contributed by atoms with Crippen molar-refractivity contribution in [2.75, 3.05) is 6.26 Å². The minimum absolute atomic E-state index is 0.0502. The minimum Gasteiger partial charge on any atom is -0.312 e. The number of rotatable bonds is 2. The fourth-order valence-electron chi connectivity index (χ4n) is 1.84. The van der Waals surface area contributed by atoms with E-state index in [1.807, 2.05) is 31.4 Å². The molecule has 0 aliphatic carbocycles. The molecule has 0 bridgehead atoms. The van der Waals surface area contributed by atoms with Crippen LogP contribution >= 0.6 is 23.1 Å². The molecule has 2 heterocycles. The molecule has 0 unspecified atom stereocenters. The molecule has 0 spiro atoms. The lowest BCUT2D eigenvalue weighted by atomic mass is 10.1. The lowest BCUT2D eigenvalue weighted by molar-refractivity contribution is 0.825. The number of benzene rings is 1. The number of aryl methyl sites for hydroxylation is 1. The highest BCUT2D eigenvalue weighted by Gasteiger charge is 2.09. The molecule has 3 rings (SSSR count). The SMILES string of the molecule is CSc1nnc(-c2ccc3sc(=O)[nH]c3c2)c(C)n1. The second-order valence-electron chi connectivity index (χ2n) is 3.96. The Kier molecular flexibility index (Phi) is 3.08. The second kappa shape index (κ2) is 4.75. The van der Waals surface area contributed by atoms with E-state index in [-0.39, 0.29) is 4.87 Å². The maximum absolute atomic E-state index is 11.3. The number of nitrogens with zero attached hydrogens (tertiary/aromatic N) is 3. The van der Waals surface area contributed by atoms with Crippen molar-refractivity contribution in [1.82, 2.24) is 20.2 Å². The molecule has 0 atom stereocenters. The van der Waals surface area contributed by atoms with Crippen LogP contribution in [0, 0.1) is 6.92 Å². The number of nitrogens with one attached hydrogen (secondary N) is 1. The summed E-state index contributed by atoms with van der Waals surface area (Å²) in [7, 11) is 0. The van der Waals surface area contributed by atoms with Crippen LogP contribution in [0.1, 0.15) is 5.69 Å². The van der Waals surface area contributed by atoms with Crippen LogP contribution in [0.2, 0.25) is 0 Å². The van der Waals surface area contributed by atoms with Gasteiger partial charge in [-0.2, -0.15) is 0 Å². The van der Waals surface area contributed by atoms with E-state index >= 15 is 0 Å². The van der Waals surface area contributed by atoms with Crippen LogP contribution in [-0.2, 0) is 0 Å². The molecule has 7 heteroatoms. The normalized spacial score (nSPS) is 11.1. The number of hydrogen-bond donors (Lipinski definition) is 1. The third-order valence-corrected chi connectivity index (χ3v) is 4.12. The van der Waals surface area contributed by atoms with Gasteiger partial charge in [-0.1, -0.05) is 29.2 Å². The first-order valence-corrected chi connectivity index (χ1v) is 7.60. The fraction of sp³-hybridized carbons (Fsp3) is 0.167. The van der Waals surface area contributed by atoms with Crippen molar-refractivity contribution in [3.8, 4) is 11.3 Å². The molecular formula is C12H10N4OS2. The molecule has 19 heavy (non-hydrogen) atoms. The molecule has 3 aromatic rings. The van der Waals surface area contributed by atoms with E-state index in [1.165, 1.54) is 23.1 Å². The van der Waals surface area contributed by atoms with E-state index in [0.717, 1.165) is 27.2 Å². The largest absolute Gasteiger partial charge is 0.312 e. The van der Waals surface area contributed by atoms with Gasteiger partial charge in [0.15, 0.2) is 0 Å². The van der Waals surface area contributed by atoms with Gasteiger partial charge < -0.3 is 4.98 Å². The number of aromatic amines is 1. The van der Waals surface area contributed by atoms with Crippen molar-refractivity contribution in [1.29, 1.82) is 0 Å². The Balaban J connectivity index is 2.15. The van der Waals surface area contributed by atoms with Crippen LogP contribution in [0.4, 0.5) is 0 Å². The minimum atomic E-state index is -0.0502. The summed E-state index contributed by atoms with van der Waals surface area (Å²) in [6.07, 6.45) is 1.91. The van der Waals surface area contributed by atoms with E-state index in [9.17, 15) is 4.79 Å². The molecule has 0 fully saturated rings. The summed E-state index contributed by atoms with van der Waals surface area (Å²) >= 11 is 2.66. The van der Waals surface area contributed by atoms with Gasteiger partial charge in [0, 0.05) is 5.56 Å². The Morgan fingerprint density at radius 2 is 2.16 bits per heavy atom. The predicted molar refractivity (Wildman–Crippen MR) is 77.8 cm³/mol. The lowest BCUT2D eigenvalue weighted by Gasteiger charge is -2.04. The molecule has 5 nitrogen and oxygen atoms in total. The van der Waals surface area contributed by atoms with Crippen molar-refractivity contribution in [3.63, 3.8) is 0 Å². The molecule has 2 aromatic heterocycles. The van der Waals surface area contributed by atoms with Crippen molar-refractivity contribution in [2.24, 2.45) is 0 Å². The highest BCUT2D eigenvalue weighted by molar-refractivity contribution is 7.98. The number of H-pyrrole nitrogens is 1. The van der Waals surface area contributed by atoms with E-state index in [4.69, 9.17) is 0 Å². The predicted octanol–water partition coefficient (Wildman–Crippen LogP) is 2.47. The molecular weight excluding hydrogens is 280 g/mol. The topological polar surface area (TPSA) is 71.5 Å². The van der Waals surface area contributed by atoms with E-state index in [2.05, 4.69) is 20.2 Å². The van der Waals surface area contributed by atoms with Crippen LogP contribution in [0.3, 0.4) is 0 Å². The van der Waals surface area contributed by atoms with Gasteiger partial charge in [0.2, 0.25) is 5.16 Å². The molecule has 0 saturated carbocycles. The van der Waals surface area contributed by atoms with Gasteiger partial charge in [0.25, 0.3) is 0 Å². The van der Waals surface area contributed by atoms with E-state index in [1.54, 1.807) is 0 Å². The van der Waals surface area contributed by atoms with Gasteiger partial charge in [-0.3, -0.25) is 4.79 Å². The molecule has 0 amide bonds. The number of thiazole rings is 1. The van der Waals surface area contributed by atoms with E-state index < -0.39 is 0 Å². The zero-order chi connectivity index (χ0) is 13.4.